The summed E-state index contributed by atoms with van der Waals surface area (Å²) in [5.41, 5.74) is 8.16. The van der Waals surface area contributed by atoms with Gasteiger partial charge in [0.25, 0.3) is 0 Å². The van der Waals surface area contributed by atoms with Crippen LogP contribution in [0.5, 0.6) is 0 Å². The summed E-state index contributed by atoms with van der Waals surface area (Å²) in [7, 11) is 0. The van der Waals surface area contributed by atoms with Crippen molar-refractivity contribution in [3.8, 4) is 0 Å². The second-order valence-electron chi connectivity index (χ2n) is 5.25. The highest BCUT2D eigenvalue weighted by molar-refractivity contribution is 7.99. The van der Waals surface area contributed by atoms with E-state index in [-0.39, 0.29) is 0 Å². The number of nitrogen functional groups attached to an aromatic ring is 1. The third-order valence-corrected chi connectivity index (χ3v) is 4.67. The van der Waals surface area contributed by atoms with Gasteiger partial charge in [0.2, 0.25) is 5.95 Å². The Kier molecular flexibility index (Phi) is 4.29. The number of hydrogen-bond donors (Lipinski definition) is 2. The normalized spacial score (nSPS) is 14.7. The van der Waals surface area contributed by atoms with E-state index >= 15 is 0 Å². The average molecular weight is 300 g/mol. The fourth-order valence-corrected chi connectivity index (χ4v) is 3.18. The van der Waals surface area contributed by atoms with E-state index in [0.717, 1.165) is 17.0 Å². The van der Waals surface area contributed by atoms with Crippen LogP contribution in [0.2, 0.25) is 0 Å². The highest BCUT2D eigenvalue weighted by atomic mass is 32.2. The summed E-state index contributed by atoms with van der Waals surface area (Å²) in [6.07, 6.45) is 5.57. The van der Waals surface area contributed by atoms with Crippen LogP contribution < -0.4 is 11.1 Å². The standard InChI is InChI=1S/C16H20N4S/c1-2-21-13-8-4-7-12(9-13)19-16-18-10-14(15(17)20-16)11-5-3-6-11/h4,7-11H,2-3,5-6H2,1H3,(H3,17,18,19,20). The number of thioether (sulfide) groups is 1. The molecule has 0 unspecified atom stereocenters. The summed E-state index contributed by atoms with van der Waals surface area (Å²) in [5, 5.41) is 3.23. The molecule has 0 aliphatic heterocycles. The Morgan fingerprint density at radius 3 is 2.90 bits per heavy atom. The maximum absolute atomic E-state index is 6.07. The van der Waals surface area contributed by atoms with Crippen LogP contribution >= 0.6 is 11.8 Å². The van der Waals surface area contributed by atoms with Crippen LogP contribution in [-0.4, -0.2) is 15.7 Å². The Labute approximate surface area is 129 Å². The van der Waals surface area contributed by atoms with Crippen LogP contribution in [0.15, 0.2) is 35.4 Å². The Bertz CT molecular complexity index is 625. The van der Waals surface area contributed by atoms with Gasteiger partial charge < -0.3 is 11.1 Å². The van der Waals surface area contributed by atoms with Crippen molar-refractivity contribution in [1.82, 2.24) is 9.97 Å². The van der Waals surface area contributed by atoms with Gasteiger partial charge in [0.1, 0.15) is 5.82 Å². The molecule has 0 atom stereocenters. The minimum Gasteiger partial charge on any atom is -0.383 e. The van der Waals surface area contributed by atoms with E-state index in [4.69, 9.17) is 5.73 Å². The highest BCUT2D eigenvalue weighted by Gasteiger charge is 2.22. The molecule has 2 aromatic rings. The lowest BCUT2D eigenvalue weighted by molar-refractivity contribution is 0.419. The molecule has 1 aliphatic rings. The molecule has 0 bridgehead atoms. The number of benzene rings is 1. The molecule has 1 fully saturated rings. The van der Waals surface area contributed by atoms with E-state index in [1.54, 1.807) is 0 Å². The third kappa shape index (κ3) is 3.29. The van der Waals surface area contributed by atoms with Gasteiger partial charge in [0.05, 0.1) is 0 Å². The maximum Gasteiger partial charge on any atom is 0.229 e. The predicted octanol–water partition coefficient (Wildman–Crippen LogP) is 4.18. The second kappa shape index (κ2) is 6.35. The molecule has 1 saturated carbocycles. The molecule has 1 aliphatic carbocycles. The molecule has 0 amide bonds. The molecule has 1 aromatic carbocycles. The smallest absolute Gasteiger partial charge is 0.229 e. The van der Waals surface area contributed by atoms with Crippen LogP contribution in [0, 0.1) is 0 Å². The minimum absolute atomic E-state index is 0.559. The molecule has 0 saturated heterocycles. The van der Waals surface area contributed by atoms with Crippen molar-refractivity contribution in [2.75, 3.05) is 16.8 Å². The van der Waals surface area contributed by atoms with Gasteiger partial charge in [-0.15, -0.1) is 11.8 Å². The summed E-state index contributed by atoms with van der Waals surface area (Å²) in [4.78, 5) is 10.0. The first-order valence-corrected chi connectivity index (χ1v) is 8.37. The van der Waals surface area contributed by atoms with Gasteiger partial charge in [-0.3, -0.25) is 0 Å². The van der Waals surface area contributed by atoms with Crippen molar-refractivity contribution in [2.45, 2.75) is 37.0 Å². The van der Waals surface area contributed by atoms with Crippen LogP contribution in [0.1, 0.15) is 37.7 Å². The fourth-order valence-electron chi connectivity index (χ4n) is 2.46. The molecule has 1 heterocycles. The molecule has 110 valence electrons. The average Bonchev–Trinajstić information content (AvgIpc) is 2.41. The molecule has 5 heteroatoms. The molecule has 0 spiro atoms. The lowest BCUT2D eigenvalue weighted by Crippen LogP contribution is -2.13. The third-order valence-electron chi connectivity index (χ3n) is 3.79. The Hall–Kier alpha value is -1.75. The molecule has 3 rings (SSSR count). The Balaban J connectivity index is 1.75. The van der Waals surface area contributed by atoms with Gasteiger partial charge in [0.15, 0.2) is 0 Å². The molecule has 21 heavy (non-hydrogen) atoms. The summed E-state index contributed by atoms with van der Waals surface area (Å²) in [5.74, 6) is 2.79. The molecule has 0 radical (unpaired) electrons. The van der Waals surface area contributed by atoms with Crippen molar-refractivity contribution < 1.29 is 0 Å². The number of anilines is 3. The number of hydrogen-bond acceptors (Lipinski definition) is 5. The monoisotopic (exact) mass is 300 g/mol. The predicted molar refractivity (Wildman–Crippen MR) is 89.2 cm³/mol. The van der Waals surface area contributed by atoms with Crippen molar-refractivity contribution in [2.24, 2.45) is 0 Å². The maximum atomic E-state index is 6.07. The quantitative estimate of drug-likeness (QED) is 0.811. The number of rotatable bonds is 5. The van der Waals surface area contributed by atoms with Crippen molar-refractivity contribution in [3.63, 3.8) is 0 Å². The molecular formula is C16H20N4S. The fraction of sp³-hybridized carbons (Fsp3) is 0.375. The van der Waals surface area contributed by atoms with E-state index in [0.29, 0.717) is 17.7 Å². The van der Waals surface area contributed by atoms with Crippen molar-refractivity contribution in [1.29, 1.82) is 0 Å². The molecule has 3 N–H and O–H groups in total. The lowest BCUT2D eigenvalue weighted by atomic mass is 9.81. The number of nitrogens with two attached hydrogens (primary N) is 1. The van der Waals surface area contributed by atoms with Gasteiger partial charge >= 0.3 is 0 Å². The van der Waals surface area contributed by atoms with Crippen LogP contribution in [0.4, 0.5) is 17.5 Å². The van der Waals surface area contributed by atoms with E-state index in [2.05, 4.69) is 34.3 Å². The zero-order valence-electron chi connectivity index (χ0n) is 12.2. The number of nitrogens with zero attached hydrogens (tertiary/aromatic N) is 2. The summed E-state index contributed by atoms with van der Waals surface area (Å²) in [6, 6.07) is 8.26. The first-order chi connectivity index (χ1) is 10.3. The van der Waals surface area contributed by atoms with Crippen LogP contribution in [-0.2, 0) is 0 Å². The zero-order chi connectivity index (χ0) is 14.7. The number of nitrogens with one attached hydrogen (secondary N) is 1. The van der Waals surface area contributed by atoms with Gasteiger partial charge in [-0.2, -0.15) is 4.98 Å². The summed E-state index contributed by atoms with van der Waals surface area (Å²) in [6.45, 7) is 2.15. The van der Waals surface area contributed by atoms with E-state index in [1.807, 2.05) is 30.1 Å². The highest BCUT2D eigenvalue weighted by Crippen LogP contribution is 2.38. The Morgan fingerprint density at radius 1 is 1.38 bits per heavy atom. The second-order valence-corrected chi connectivity index (χ2v) is 6.59. The van der Waals surface area contributed by atoms with Gasteiger partial charge in [0, 0.05) is 22.3 Å². The van der Waals surface area contributed by atoms with Gasteiger partial charge in [-0.25, -0.2) is 4.98 Å². The lowest BCUT2D eigenvalue weighted by Gasteiger charge is -2.26. The molecule has 4 nitrogen and oxygen atoms in total. The summed E-state index contributed by atoms with van der Waals surface area (Å²) < 4.78 is 0. The first kappa shape index (κ1) is 14.2. The molecule has 1 aromatic heterocycles. The Morgan fingerprint density at radius 2 is 2.24 bits per heavy atom. The largest absolute Gasteiger partial charge is 0.383 e. The van der Waals surface area contributed by atoms with Crippen LogP contribution in [0.3, 0.4) is 0 Å². The van der Waals surface area contributed by atoms with Crippen molar-refractivity contribution >= 4 is 29.2 Å². The number of aromatic nitrogens is 2. The van der Waals surface area contributed by atoms with Gasteiger partial charge in [-0.1, -0.05) is 19.4 Å². The van der Waals surface area contributed by atoms with Crippen molar-refractivity contribution in [3.05, 3.63) is 36.0 Å². The summed E-state index contributed by atoms with van der Waals surface area (Å²) >= 11 is 1.81. The van der Waals surface area contributed by atoms with E-state index in [9.17, 15) is 0 Å². The SMILES string of the molecule is CCSc1cccc(Nc2ncc(C3CCC3)c(N)n2)c1. The zero-order valence-corrected chi connectivity index (χ0v) is 13.0. The molecular weight excluding hydrogens is 280 g/mol. The van der Waals surface area contributed by atoms with E-state index in [1.165, 1.54) is 24.2 Å². The first-order valence-electron chi connectivity index (χ1n) is 7.38. The van der Waals surface area contributed by atoms with Crippen LogP contribution in [0.25, 0.3) is 0 Å². The minimum atomic E-state index is 0.559. The topological polar surface area (TPSA) is 63.8 Å². The van der Waals surface area contributed by atoms with Gasteiger partial charge in [-0.05, 0) is 42.7 Å². The van der Waals surface area contributed by atoms with E-state index < -0.39 is 0 Å².